The van der Waals surface area contributed by atoms with Gasteiger partial charge in [-0.05, 0) is 54.4 Å². The number of benzene rings is 1. The Morgan fingerprint density at radius 2 is 2.10 bits per heavy atom. The van der Waals surface area contributed by atoms with E-state index in [1.807, 2.05) is 51.1 Å². The summed E-state index contributed by atoms with van der Waals surface area (Å²) >= 11 is 3.40. The molecule has 110 valence electrons. The standard InChI is InChI=1S/C15H20BrNO3/c1-15(2,3)20-14(18)17-9-5-6-11-7-8-12(16)13(10-11)19-4/h5-8,10H,9H2,1-4H3,(H,17,18). The molecule has 0 atom stereocenters. The summed E-state index contributed by atoms with van der Waals surface area (Å²) in [6.45, 7) is 5.90. The van der Waals surface area contributed by atoms with Crippen molar-refractivity contribution in [3.63, 3.8) is 0 Å². The Labute approximate surface area is 128 Å². The smallest absolute Gasteiger partial charge is 0.407 e. The van der Waals surface area contributed by atoms with Gasteiger partial charge in [-0.3, -0.25) is 0 Å². The molecule has 0 heterocycles. The highest BCUT2D eigenvalue weighted by Crippen LogP contribution is 2.25. The lowest BCUT2D eigenvalue weighted by molar-refractivity contribution is 0.0534. The van der Waals surface area contributed by atoms with Gasteiger partial charge in [0.1, 0.15) is 11.4 Å². The fourth-order valence-corrected chi connectivity index (χ4v) is 1.84. The lowest BCUT2D eigenvalue weighted by Crippen LogP contribution is -2.32. The molecule has 0 aliphatic heterocycles. The summed E-state index contributed by atoms with van der Waals surface area (Å²) in [5.41, 5.74) is 0.517. The molecule has 0 aliphatic carbocycles. The Hall–Kier alpha value is -1.49. The first-order valence-electron chi connectivity index (χ1n) is 6.29. The van der Waals surface area contributed by atoms with Crippen LogP contribution in [-0.4, -0.2) is 25.3 Å². The largest absolute Gasteiger partial charge is 0.496 e. The van der Waals surface area contributed by atoms with Crippen molar-refractivity contribution in [2.24, 2.45) is 0 Å². The molecule has 4 nitrogen and oxygen atoms in total. The van der Waals surface area contributed by atoms with Crippen molar-refractivity contribution < 1.29 is 14.3 Å². The molecule has 0 aliphatic rings. The number of amides is 1. The van der Waals surface area contributed by atoms with E-state index in [4.69, 9.17) is 9.47 Å². The zero-order valence-electron chi connectivity index (χ0n) is 12.2. The van der Waals surface area contributed by atoms with Crippen LogP contribution >= 0.6 is 15.9 Å². The Morgan fingerprint density at radius 1 is 1.40 bits per heavy atom. The van der Waals surface area contributed by atoms with Crippen molar-refractivity contribution in [2.75, 3.05) is 13.7 Å². The van der Waals surface area contributed by atoms with Crippen molar-refractivity contribution in [1.29, 1.82) is 0 Å². The van der Waals surface area contributed by atoms with Crippen LogP contribution in [0.3, 0.4) is 0 Å². The molecule has 0 fully saturated rings. The fraction of sp³-hybridized carbons (Fsp3) is 0.400. The van der Waals surface area contributed by atoms with Gasteiger partial charge < -0.3 is 14.8 Å². The highest BCUT2D eigenvalue weighted by atomic mass is 79.9. The van der Waals surface area contributed by atoms with E-state index in [9.17, 15) is 4.79 Å². The van der Waals surface area contributed by atoms with Gasteiger partial charge in [0, 0.05) is 6.54 Å². The van der Waals surface area contributed by atoms with Crippen molar-refractivity contribution in [3.05, 3.63) is 34.3 Å². The number of carbonyl (C=O) groups is 1. The zero-order chi connectivity index (χ0) is 15.2. The van der Waals surface area contributed by atoms with E-state index in [0.29, 0.717) is 6.54 Å². The van der Waals surface area contributed by atoms with E-state index in [1.165, 1.54) is 0 Å². The van der Waals surface area contributed by atoms with Gasteiger partial charge in [0.15, 0.2) is 0 Å². The average molecular weight is 342 g/mol. The molecule has 0 saturated carbocycles. The van der Waals surface area contributed by atoms with E-state index in [-0.39, 0.29) is 0 Å². The van der Waals surface area contributed by atoms with Crippen LogP contribution in [0.5, 0.6) is 5.75 Å². The second-order valence-electron chi connectivity index (χ2n) is 5.18. The topological polar surface area (TPSA) is 47.6 Å². The number of nitrogens with one attached hydrogen (secondary N) is 1. The van der Waals surface area contributed by atoms with E-state index in [2.05, 4.69) is 21.2 Å². The number of hydrogen-bond acceptors (Lipinski definition) is 3. The maximum absolute atomic E-state index is 11.4. The number of hydrogen-bond donors (Lipinski definition) is 1. The summed E-state index contributed by atoms with van der Waals surface area (Å²) in [4.78, 5) is 11.4. The first-order chi connectivity index (χ1) is 9.31. The van der Waals surface area contributed by atoms with Gasteiger partial charge in [0.2, 0.25) is 0 Å². The maximum atomic E-state index is 11.4. The zero-order valence-corrected chi connectivity index (χ0v) is 13.8. The van der Waals surface area contributed by atoms with Crippen molar-refractivity contribution >= 4 is 28.1 Å². The Kier molecular flexibility index (Phi) is 6.07. The van der Waals surface area contributed by atoms with Crippen LogP contribution in [0.1, 0.15) is 26.3 Å². The predicted octanol–water partition coefficient (Wildman–Crippen LogP) is 4.00. The molecule has 1 aromatic rings. The summed E-state index contributed by atoms with van der Waals surface area (Å²) < 4.78 is 11.3. The van der Waals surface area contributed by atoms with Gasteiger partial charge in [-0.1, -0.05) is 18.2 Å². The van der Waals surface area contributed by atoms with Crippen LogP contribution in [0.25, 0.3) is 6.08 Å². The fourth-order valence-electron chi connectivity index (χ4n) is 1.43. The normalized spacial score (nSPS) is 11.4. The summed E-state index contributed by atoms with van der Waals surface area (Å²) in [5.74, 6) is 0.771. The van der Waals surface area contributed by atoms with Gasteiger partial charge in [0.05, 0.1) is 11.6 Å². The van der Waals surface area contributed by atoms with Crippen molar-refractivity contribution in [3.8, 4) is 5.75 Å². The third-order valence-electron chi connectivity index (χ3n) is 2.25. The lowest BCUT2D eigenvalue weighted by Gasteiger charge is -2.19. The third-order valence-corrected chi connectivity index (χ3v) is 2.90. The Balaban J connectivity index is 2.47. The van der Waals surface area contributed by atoms with E-state index in [1.54, 1.807) is 7.11 Å². The Morgan fingerprint density at radius 3 is 2.70 bits per heavy atom. The quantitative estimate of drug-likeness (QED) is 0.900. The van der Waals surface area contributed by atoms with Gasteiger partial charge in [0.25, 0.3) is 0 Å². The lowest BCUT2D eigenvalue weighted by atomic mass is 10.2. The molecular weight excluding hydrogens is 322 g/mol. The molecule has 0 unspecified atom stereocenters. The minimum absolute atomic E-state index is 0.410. The van der Waals surface area contributed by atoms with Crippen LogP contribution in [0, 0.1) is 0 Å². The van der Waals surface area contributed by atoms with Crippen LogP contribution < -0.4 is 10.1 Å². The number of rotatable bonds is 4. The molecule has 20 heavy (non-hydrogen) atoms. The Bertz CT molecular complexity index is 492. The SMILES string of the molecule is COc1cc(C=CCNC(=O)OC(C)(C)C)ccc1Br. The molecule has 5 heteroatoms. The summed E-state index contributed by atoms with van der Waals surface area (Å²) in [5, 5.41) is 2.66. The molecule has 0 aromatic heterocycles. The molecular formula is C15H20BrNO3. The second kappa shape index (κ2) is 7.33. The van der Waals surface area contributed by atoms with E-state index >= 15 is 0 Å². The number of alkyl carbamates (subject to hydrolysis) is 1. The highest BCUT2D eigenvalue weighted by molar-refractivity contribution is 9.10. The summed E-state index contributed by atoms with van der Waals surface area (Å²) in [6, 6.07) is 5.78. The first-order valence-corrected chi connectivity index (χ1v) is 7.08. The molecule has 0 saturated heterocycles. The summed E-state index contributed by atoms with van der Waals surface area (Å²) in [7, 11) is 1.62. The molecule has 1 amide bonds. The van der Waals surface area contributed by atoms with Crippen LogP contribution in [0.2, 0.25) is 0 Å². The number of halogens is 1. The van der Waals surface area contributed by atoms with Crippen molar-refractivity contribution in [1.82, 2.24) is 5.32 Å². The number of ether oxygens (including phenoxy) is 2. The van der Waals surface area contributed by atoms with Crippen LogP contribution in [0.15, 0.2) is 28.7 Å². The van der Waals surface area contributed by atoms with Crippen LogP contribution in [0.4, 0.5) is 4.79 Å². The number of methoxy groups -OCH3 is 1. The minimum atomic E-state index is -0.479. The second-order valence-corrected chi connectivity index (χ2v) is 6.03. The van der Waals surface area contributed by atoms with E-state index in [0.717, 1.165) is 15.8 Å². The summed E-state index contributed by atoms with van der Waals surface area (Å²) in [6.07, 6.45) is 3.34. The molecule has 0 radical (unpaired) electrons. The number of carbonyl (C=O) groups excluding carboxylic acids is 1. The maximum Gasteiger partial charge on any atom is 0.407 e. The molecule has 1 aromatic carbocycles. The molecule has 1 N–H and O–H groups in total. The molecule has 1 rings (SSSR count). The highest BCUT2D eigenvalue weighted by Gasteiger charge is 2.14. The van der Waals surface area contributed by atoms with Gasteiger partial charge in [-0.2, -0.15) is 0 Å². The average Bonchev–Trinajstić information content (AvgIpc) is 2.34. The van der Waals surface area contributed by atoms with E-state index < -0.39 is 11.7 Å². The monoisotopic (exact) mass is 341 g/mol. The minimum Gasteiger partial charge on any atom is -0.496 e. The van der Waals surface area contributed by atoms with Gasteiger partial charge in [-0.25, -0.2) is 4.79 Å². The van der Waals surface area contributed by atoms with Crippen LogP contribution in [-0.2, 0) is 4.74 Å². The van der Waals surface area contributed by atoms with Gasteiger partial charge >= 0.3 is 6.09 Å². The predicted molar refractivity (Wildman–Crippen MR) is 84.0 cm³/mol. The first kappa shape index (κ1) is 16.6. The van der Waals surface area contributed by atoms with Gasteiger partial charge in [-0.15, -0.1) is 0 Å². The molecule has 0 spiro atoms. The molecule has 0 bridgehead atoms. The van der Waals surface area contributed by atoms with Crippen molar-refractivity contribution in [2.45, 2.75) is 26.4 Å². The third kappa shape index (κ3) is 6.10.